The summed E-state index contributed by atoms with van der Waals surface area (Å²) in [6.45, 7) is 7.50. The average molecular weight is 233 g/mol. The molecule has 0 spiro atoms. The van der Waals surface area contributed by atoms with Crippen LogP contribution in [0, 0.1) is 12.3 Å². The van der Waals surface area contributed by atoms with Crippen LogP contribution in [-0.2, 0) is 4.79 Å². The Hall–Kier alpha value is -1.77. The van der Waals surface area contributed by atoms with Crippen LogP contribution < -0.4 is 5.32 Å². The summed E-state index contributed by atoms with van der Waals surface area (Å²) < 4.78 is 0. The lowest BCUT2D eigenvalue weighted by Gasteiger charge is -2.13. The number of benzene rings is 1. The normalized spacial score (nSPS) is 11.8. The number of carbonyl (C=O) groups excluding carboxylic acids is 1. The van der Waals surface area contributed by atoms with Gasteiger partial charge in [0, 0.05) is 11.6 Å². The second kappa shape index (κ2) is 5.04. The predicted octanol–water partition coefficient (Wildman–Crippen LogP) is 3.24. The number of nitrogens with one attached hydrogen (secondary N) is 1. The van der Waals surface area contributed by atoms with Crippen molar-refractivity contribution in [3.8, 4) is 5.75 Å². The molecule has 0 aliphatic rings. The zero-order valence-electron chi connectivity index (χ0n) is 10.7. The van der Waals surface area contributed by atoms with Crippen molar-refractivity contribution in [1.29, 1.82) is 0 Å². The van der Waals surface area contributed by atoms with Crippen molar-refractivity contribution in [3.63, 3.8) is 0 Å². The molecular weight excluding hydrogens is 214 g/mol. The van der Waals surface area contributed by atoms with E-state index in [4.69, 9.17) is 0 Å². The zero-order chi connectivity index (χ0) is 13.1. The summed E-state index contributed by atoms with van der Waals surface area (Å²) in [4.78, 5) is 11.6. The number of aromatic hydroxyl groups is 1. The average Bonchev–Trinajstić information content (AvgIpc) is 2.19. The highest BCUT2D eigenvalue weighted by Crippen LogP contribution is 2.24. The van der Waals surface area contributed by atoms with Crippen molar-refractivity contribution in [3.05, 3.63) is 36.0 Å². The first-order chi connectivity index (χ1) is 7.80. The minimum atomic E-state index is -0.381. The molecule has 0 amide bonds. The lowest BCUT2D eigenvalue weighted by molar-refractivity contribution is -0.121. The number of carbonyl (C=O) groups is 1. The fraction of sp³-hybridized carbons (Fsp3) is 0.357. The summed E-state index contributed by atoms with van der Waals surface area (Å²) in [5.41, 5.74) is 1.20. The van der Waals surface area contributed by atoms with Crippen LogP contribution >= 0.6 is 0 Å². The molecule has 1 rings (SSSR count). The van der Waals surface area contributed by atoms with E-state index >= 15 is 0 Å². The Morgan fingerprint density at radius 1 is 1.35 bits per heavy atom. The molecule has 92 valence electrons. The highest BCUT2D eigenvalue weighted by Gasteiger charge is 2.17. The van der Waals surface area contributed by atoms with Crippen molar-refractivity contribution in [2.75, 3.05) is 5.32 Å². The number of anilines is 1. The van der Waals surface area contributed by atoms with E-state index in [0.717, 1.165) is 5.56 Å². The minimum absolute atomic E-state index is 0.0385. The van der Waals surface area contributed by atoms with Gasteiger partial charge >= 0.3 is 0 Å². The molecule has 0 radical (unpaired) electrons. The maximum absolute atomic E-state index is 11.6. The van der Waals surface area contributed by atoms with Gasteiger partial charge in [-0.05, 0) is 30.7 Å². The van der Waals surface area contributed by atoms with Gasteiger partial charge in [-0.25, -0.2) is 0 Å². The molecule has 0 aliphatic carbocycles. The zero-order valence-corrected chi connectivity index (χ0v) is 10.7. The highest BCUT2D eigenvalue weighted by atomic mass is 16.3. The smallest absolute Gasteiger partial charge is 0.162 e. The van der Waals surface area contributed by atoms with Crippen LogP contribution in [0.3, 0.4) is 0 Å². The van der Waals surface area contributed by atoms with E-state index in [1.54, 1.807) is 18.3 Å². The van der Waals surface area contributed by atoms with E-state index < -0.39 is 0 Å². The highest BCUT2D eigenvalue weighted by molar-refractivity contribution is 5.94. The van der Waals surface area contributed by atoms with Gasteiger partial charge in [0.1, 0.15) is 5.75 Å². The number of rotatable bonds is 3. The third kappa shape index (κ3) is 3.94. The van der Waals surface area contributed by atoms with E-state index in [-0.39, 0.29) is 16.9 Å². The van der Waals surface area contributed by atoms with Crippen LogP contribution in [0.25, 0.3) is 0 Å². The van der Waals surface area contributed by atoms with Gasteiger partial charge in [0.15, 0.2) is 5.78 Å². The maximum atomic E-state index is 11.6. The fourth-order valence-electron chi connectivity index (χ4n) is 1.22. The first kappa shape index (κ1) is 13.3. The summed E-state index contributed by atoms with van der Waals surface area (Å²) in [7, 11) is 0. The molecule has 0 unspecified atom stereocenters. The Labute approximate surface area is 102 Å². The van der Waals surface area contributed by atoms with E-state index in [2.05, 4.69) is 5.32 Å². The molecule has 17 heavy (non-hydrogen) atoms. The van der Waals surface area contributed by atoms with Crippen molar-refractivity contribution in [1.82, 2.24) is 0 Å². The third-order valence-corrected chi connectivity index (χ3v) is 2.37. The Kier molecular flexibility index (Phi) is 3.94. The number of hydrogen-bond donors (Lipinski definition) is 2. The van der Waals surface area contributed by atoms with Crippen LogP contribution in [0.4, 0.5) is 5.69 Å². The second-order valence-corrected chi connectivity index (χ2v) is 5.11. The Balaban J connectivity index is 2.68. The van der Waals surface area contributed by atoms with Gasteiger partial charge in [-0.1, -0.05) is 26.8 Å². The molecule has 1 aromatic carbocycles. The molecule has 0 aliphatic heterocycles. The molecule has 3 nitrogen and oxygen atoms in total. The molecule has 0 saturated carbocycles. The van der Waals surface area contributed by atoms with Crippen LogP contribution in [0.15, 0.2) is 30.5 Å². The van der Waals surface area contributed by atoms with E-state index in [0.29, 0.717) is 5.69 Å². The third-order valence-electron chi connectivity index (χ3n) is 2.37. The van der Waals surface area contributed by atoms with E-state index in [1.165, 1.54) is 6.08 Å². The fourth-order valence-corrected chi connectivity index (χ4v) is 1.22. The van der Waals surface area contributed by atoms with Crippen LogP contribution in [0.1, 0.15) is 26.3 Å². The Morgan fingerprint density at radius 2 is 2.00 bits per heavy atom. The first-order valence-electron chi connectivity index (χ1n) is 5.58. The predicted molar refractivity (Wildman–Crippen MR) is 70.1 cm³/mol. The Bertz CT molecular complexity index is 442. The van der Waals surface area contributed by atoms with Gasteiger partial charge < -0.3 is 10.4 Å². The molecule has 0 saturated heterocycles. The molecule has 0 heterocycles. The quantitative estimate of drug-likeness (QED) is 0.622. The Morgan fingerprint density at radius 3 is 2.53 bits per heavy atom. The first-order valence-corrected chi connectivity index (χ1v) is 5.58. The van der Waals surface area contributed by atoms with Gasteiger partial charge in [0.05, 0.1) is 5.69 Å². The summed E-state index contributed by atoms with van der Waals surface area (Å²) in [6, 6.07) is 5.33. The van der Waals surface area contributed by atoms with Gasteiger partial charge in [-0.3, -0.25) is 4.79 Å². The molecular formula is C14H19NO2. The number of phenolic OH excluding ortho intramolecular Hbond substituents is 1. The van der Waals surface area contributed by atoms with Crippen molar-refractivity contribution < 1.29 is 9.90 Å². The number of phenols is 1. The standard InChI is InChI=1S/C14H19NO2/c1-10-5-6-11(12(16)9-10)15-8-7-13(17)14(2,3)4/h5-9,15-16H,1-4H3. The molecule has 0 aromatic heterocycles. The van der Waals surface area contributed by atoms with Crippen LogP contribution in [0.5, 0.6) is 5.75 Å². The van der Waals surface area contributed by atoms with Gasteiger partial charge in [-0.15, -0.1) is 0 Å². The molecule has 2 N–H and O–H groups in total. The summed E-state index contributed by atoms with van der Waals surface area (Å²) in [6.07, 6.45) is 3.04. The minimum Gasteiger partial charge on any atom is -0.506 e. The summed E-state index contributed by atoms with van der Waals surface area (Å²) in [5.74, 6) is 0.217. The van der Waals surface area contributed by atoms with Crippen molar-refractivity contribution in [2.24, 2.45) is 5.41 Å². The number of ketones is 1. The monoisotopic (exact) mass is 233 g/mol. The lowest BCUT2D eigenvalue weighted by atomic mass is 9.91. The largest absolute Gasteiger partial charge is 0.506 e. The molecule has 0 fully saturated rings. The van der Waals surface area contributed by atoms with Gasteiger partial charge in [-0.2, -0.15) is 0 Å². The summed E-state index contributed by atoms with van der Waals surface area (Å²) in [5, 5.41) is 12.5. The van der Waals surface area contributed by atoms with E-state index in [1.807, 2.05) is 33.8 Å². The van der Waals surface area contributed by atoms with Crippen LogP contribution in [0.2, 0.25) is 0 Å². The van der Waals surface area contributed by atoms with Crippen LogP contribution in [-0.4, -0.2) is 10.9 Å². The van der Waals surface area contributed by atoms with Gasteiger partial charge in [0.25, 0.3) is 0 Å². The van der Waals surface area contributed by atoms with Crippen molar-refractivity contribution in [2.45, 2.75) is 27.7 Å². The topological polar surface area (TPSA) is 49.3 Å². The number of hydrogen-bond acceptors (Lipinski definition) is 3. The summed E-state index contributed by atoms with van der Waals surface area (Å²) >= 11 is 0. The number of aryl methyl sites for hydroxylation is 1. The maximum Gasteiger partial charge on any atom is 0.162 e. The molecule has 0 atom stereocenters. The lowest BCUT2D eigenvalue weighted by Crippen LogP contribution is -2.17. The number of allylic oxidation sites excluding steroid dienone is 1. The van der Waals surface area contributed by atoms with E-state index in [9.17, 15) is 9.90 Å². The van der Waals surface area contributed by atoms with Crippen molar-refractivity contribution >= 4 is 11.5 Å². The second-order valence-electron chi connectivity index (χ2n) is 5.11. The SMILES string of the molecule is Cc1ccc(NC=CC(=O)C(C)(C)C)c(O)c1. The van der Waals surface area contributed by atoms with Gasteiger partial charge in [0.2, 0.25) is 0 Å². The molecule has 1 aromatic rings. The molecule has 0 bridgehead atoms. The molecule has 3 heteroatoms.